The van der Waals surface area contributed by atoms with Crippen LogP contribution >= 0.6 is 0 Å². The molecule has 8 nitrogen and oxygen atoms in total. The first kappa shape index (κ1) is 22.8. The molecule has 1 aromatic heterocycles. The number of hydrogen-bond donors (Lipinski definition) is 2. The summed E-state index contributed by atoms with van der Waals surface area (Å²) in [5.41, 5.74) is 1.19. The molecule has 0 amide bonds. The van der Waals surface area contributed by atoms with Gasteiger partial charge in [0.15, 0.2) is 5.96 Å². The zero-order valence-corrected chi connectivity index (χ0v) is 19.0. The van der Waals surface area contributed by atoms with E-state index >= 15 is 0 Å². The highest BCUT2D eigenvalue weighted by Crippen LogP contribution is 2.17. The topological polar surface area (TPSA) is 74.2 Å². The number of ether oxygens (including phenoxy) is 2. The van der Waals surface area contributed by atoms with Crippen LogP contribution in [0.25, 0.3) is 0 Å². The average Bonchev–Trinajstić information content (AvgIpc) is 2.76. The fraction of sp³-hybridized carbons (Fsp3) is 0.727. The van der Waals surface area contributed by atoms with Crippen molar-refractivity contribution in [1.29, 1.82) is 0 Å². The lowest BCUT2D eigenvalue weighted by Gasteiger charge is -2.41. The molecule has 2 fully saturated rings. The lowest BCUT2D eigenvalue weighted by atomic mass is 10.0. The van der Waals surface area contributed by atoms with Gasteiger partial charge in [-0.25, -0.2) is 9.98 Å². The summed E-state index contributed by atoms with van der Waals surface area (Å²) in [7, 11) is 0. The fourth-order valence-electron chi connectivity index (χ4n) is 3.85. The third-order valence-corrected chi connectivity index (χ3v) is 5.69. The predicted octanol–water partition coefficient (Wildman–Crippen LogP) is 1.47. The van der Waals surface area contributed by atoms with E-state index in [9.17, 15) is 0 Å². The minimum atomic E-state index is 0.0385. The number of hydrogen-bond acceptors (Lipinski definition) is 6. The molecule has 0 saturated carbocycles. The first-order chi connectivity index (χ1) is 14.5. The second-order valence-electron chi connectivity index (χ2n) is 8.61. The van der Waals surface area contributed by atoms with Crippen molar-refractivity contribution < 1.29 is 9.47 Å². The van der Waals surface area contributed by atoms with Crippen LogP contribution in [0.1, 0.15) is 33.3 Å². The molecule has 0 radical (unpaired) electrons. The number of rotatable bonds is 7. The van der Waals surface area contributed by atoms with Crippen molar-refractivity contribution in [2.24, 2.45) is 4.99 Å². The van der Waals surface area contributed by atoms with E-state index in [1.807, 2.05) is 12.3 Å². The Morgan fingerprint density at radius 2 is 2.03 bits per heavy atom. The third-order valence-electron chi connectivity index (χ3n) is 5.69. The first-order valence-corrected chi connectivity index (χ1v) is 11.1. The molecular weight excluding hydrogens is 380 g/mol. The molecule has 2 aliphatic rings. The van der Waals surface area contributed by atoms with Gasteiger partial charge in [0.1, 0.15) is 5.82 Å². The molecule has 0 bridgehead atoms. The van der Waals surface area contributed by atoms with Gasteiger partial charge in [-0.2, -0.15) is 0 Å². The van der Waals surface area contributed by atoms with Crippen LogP contribution in [-0.2, 0) is 16.0 Å². The zero-order chi connectivity index (χ0) is 21.4. The Kier molecular flexibility index (Phi) is 8.30. The number of anilines is 1. The number of guanidine groups is 1. The Labute approximate surface area is 181 Å². The van der Waals surface area contributed by atoms with E-state index in [0.29, 0.717) is 6.54 Å². The minimum absolute atomic E-state index is 0.0385. The highest BCUT2D eigenvalue weighted by Gasteiger charge is 2.28. The zero-order valence-electron chi connectivity index (χ0n) is 19.0. The van der Waals surface area contributed by atoms with Gasteiger partial charge in [0.05, 0.1) is 32.5 Å². The second-order valence-corrected chi connectivity index (χ2v) is 8.61. The maximum absolute atomic E-state index is 5.65. The van der Waals surface area contributed by atoms with E-state index in [-0.39, 0.29) is 11.6 Å². The molecule has 3 heterocycles. The van der Waals surface area contributed by atoms with Crippen LogP contribution in [0.3, 0.4) is 0 Å². The van der Waals surface area contributed by atoms with Crippen LogP contribution in [-0.4, -0.2) is 86.6 Å². The summed E-state index contributed by atoms with van der Waals surface area (Å²) in [5.74, 6) is 1.85. The molecule has 1 unspecified atom stereocenters. The van der Waals surface area contributed by atoms with Crippen LogP contribution in [0.2, 0.25) is 0 Å². The van der Waals surface area contributed by atoms with Crippen molar-refractivity contribution >= 4 is 11.8 Å². The normalized spacial score (nSPS) is 21.5. The molecule has 0 spiro atoms. The Morgan fingerprint density at radius 3 is 2.77 bits per heavy atom. The van der Waals surface area contributed by atoms with Gasteiger partial charge in [0.25, 0.3) is 0 Å². The van der Waals surface area contributed by atoms with Crippen molar-refractivity contribution in [1.82, 2.24) is 20.5 Å². The summed E-state index contributed by atoms with van der Waals surface area (Å²) >= 11 is 0. The monoisotopic (exact) mass is 418 g/mol. The summed E-state index contributed by atoms with van der Waals surface area (Å²) in [4.78, 5) is 14.1. The van der Waals surface area contributed by atoms with Gasteiger partial charge in [-0.05, 0) is 45.4 Å². The van der Waals surface area contributed by atoms with Gasteiger partial charge in [-0.3, -0.25) is 4.90 Å². The molecular formula is C22H38N6O2. The van der Waals surface area contributed by atoms with Gasteiger partial charge in [0, 0.05) is 51.0 Å². The van der Waals surface area contributed by atoms with Crippen LogP contribution in [0, 0.1) is 0 Å². The molecule has 2 N–H and O–H groups in total. The summed E-state index contributed by atoms with van der Waals surface area (Å²) in [6.45, 7) is 17.1. The number of aliphatic imine (C=N–C) groups is 1. The average molecular weight is 419 g/mol. The van der Waals surface area contributed by atoms with E-state index in [0.717, 1.165) is 76.4 Å². The van der Waals surface area contributed by atoms with E-state index < -0.39 is 0 Å². The molecule has 0 aromatic carbocycles. The Hall–Kier alpha value is -1.90. The van der Waals surface area contributed by atoms with Crippen molar-refractivity contribution in [3.8, 4) is 0 Å². The molecule has 1 atom stereocenters. The number of morpholine rings is 2. The van der Waals surface area contributed by atoms with E-state index in [4.69, 9.17) is 14.5 Å². The maximum atomic E-state index is 5.65. The first-order valence-electron chi connectivity index (χ1n) is 11.1. The van der Waals surface area contributed by atoms with Crippen LogP contribution < -0.4 is 15.5 Å². The third kappa shape index (κ3) is 6.55. The summed E-state index contributed by atoms with van der Waals surface area (Å²) < 4.78 is 11.1. The molecule has 2 aliphatic heterocycles. The summed E-state index contributed by atoms with van der Waals surface area (Å²) in [5, 5.41) is 6.89. The van der Waals surface area contributed by atoms with E-state index in [2.05, 4.69) is 59.2 Å². The summed E-state index contributed by atoms with van der Waals surface area (Å²) in [6, 6.07) is 4.18. The van der Waals surface area contributed by atoms with Gasteiger partial charge in [-0.1, -0.05) is 0 Å². The van der Waals surface area contributed by atoms with Crippen molar-refractivity contribution in [3.05, 3.63) is 23.9 Å². The van der Waals surface area contributed by atoms with Crippen molar-refractivity contribution in [2.45, 2.75) is 45.9 Å². The molecule has 2 saturated heterocycles. The lowest BCUT2D eigenvalue weighted by Crippen LogP contribution is -2.56. The Morgan fingerprint density at radius 1 is 1.23 bits per heavy atom. The summed E-state index contributed by atoms with van der Waals surface area (Å²) in [6.07, 6.45) is 2.11. The standard InChI is InChI=1S/C22H38N6O2/c1-5-23-21(26-17-22(3,4)28-9-11-29-12-10-28)25-15-19-6-7-24-20(14-19)27-8-13-30-18(2)16-27/h6-7,14,18H,5,8-13,15-17H2,1-4H3,(H2,23,25,26). The number of nitrogens with zero attached hydrogens (tertiary/aromatic N) is 4. The van der Waals surface area contributed by atoms with Gasteiger partial charge >= 0.3 is 0 Å². The minimum Gasteiger partial charge on any atom is -0.379 e. The SMILES string of the molecule is CCNC(=NCc1ccnc(N2CCOC(C)C2)c1)NCC(C)(C)N1CCOCC1. The Balaban J connectivity index is 1.59. The molecule has 30 heavy (non-hydrogen) atoms. The Bertz CT molecular complexity index is 690. The van der Waals surface area contributed by atoms with Gasteiger partial charge in [0.2, 0.25) is 0 Å². The van der Waals surface area contributed by atoms with E-state index in [1.54, 1.807) is 0 Å². The molecule has 1 aromatic rings. The van der Waals surface area contributed by atoms with Crippen LogP contribution in [0.4, 0.5) is 5.82 Å². The fourth-order valence-corrected chi connectivity index (χ4v) is 3.85. The van der Waals surface area contributed by atoms with Gasteiger partial charge < -0.3 is 25.0 Å². The van der Waals surface area contributed by atoms with Crippen molar-refractivity contribution in [2.75, 3.05) is 64.0 Å². The van der Waals surface area contributed by atoms with Crippen LogP contribution in [0.15, 0.2) is 23.3 Å². The quantitative estimate of drug-likeness (QED) is 0.513. The second kappa shape index (κ2) is 10.9. The molecule has 0 aliphatic carbocycles. The van der Waals surface area contributed by atoms with Gasteiger partial charge in [-0.15, -0.1) is 0 Å². The highest BCUT2D eigenvalue weighted by molar-refractivity contribution is 5.79. The molecule has 168 valence electrons. The number of aromatic nitrogens is 1. The number of nitrogens with one attached hydrogen (secondary N) is 2. The number of pyridine rings is 1. The predicted molar refractivity (Wildman–Crippen MR) is 121 cm³/mol. The lowest BCUT2D eigenvalue weighted by molar-refractivity contribution is -0.00834. The highest BCUT2D eigenvalue weighted by atomic mass is 16.5. The smallest absolute Gasteiger partial charge is 0.191 e. The largest absolute Gasteiger partial charge is 0.379 e. The molecule has 3 rings (SSSR count). The maximum Gasteiger partial charge on any atom is 0.191 e. The van der Waals surface area contributed by atoms with Crippen LogP contribution in [0.5, 0.6) is 0 Å². The molecule has 8 heteroatoms. The van der Waals surface area contributed by atoms with Crippen molar-refractivity contribution in [3.63, 3.8) is 0 Å². The van der Waals surface area contributed by atoms with E-state index in [1.165, 1.54) is 0 Å².